The van der Waals surface area contributed by atoms with Crippen molar-refractivity contribution < 1.29 is 45.2 Å². The fourth-order valence-corrected chi connectivity index (χ4v) is 11.4. The minimum Gasteiger partial charge on any atom is -1.00 e. The average molecular weight is 504 g/mol. The van der Waals surface area contributed by atoms with Gasteiger partial charge in [0.15, 0.2) is 0 Å². The Kier molecular flexibility index (Phi) is 5.87. The van der Waals surface area contributed by atoms with Gasteiger partial charge in [-0.15, -0.1) is 0 Å². The Balaban J connectivity index is 0.00000144. The van der Waals surface area contributed by atoms with Gasteiger partial charge in [-0.05, 0) is 0 Å². The topological polar surface area (TPSA) is 0 Å². The summed E-state index contributed by atoms with van der Waals surface area (Å²) in [6.45, 7) is 20.6. The summed E-state index contributed by atoms with van der Waals surface area (Å²) in [5.41, 5.74) is 1.96. The summed E-state index contributed by atoms with van der Waals surface area (Å²) in [6, 6.07) is 0. The first-order valence-electron chi connectivity index (χ1n) is 11.6. The van der Waals surface area contributed by atoms with E-state index in [-0.39, 0.29) is 62.7 Å². The summed E-state index contributed by atoms with van der Waals surface area (Å²) in [4.78, 5) is 0. The molecule has 0 nitrogen and oxygen atoms in total. The fraction of sp³-hybridized carbons (Fsp3) is 0.586. The average Bonchev–Trinajstić information content (AvgIpc) is 2.85. The van der Waals surface area contributed by atoms with E-state index in [0.29, 0.717) is 10.1 Å². The van der Waals surface area contributed by atoms with Crippen LogP contribution in [0.4, 0.5) is 0 Å². The van der Waals surface area contributed by atoms with Crippen LogP contribution in [0.2, 0.25) is 4.22 Å². The van der Waals surface area contributed by atoms with E-state index >= 15 is 0 Å². The van der Waals surface area contributed by atoms with Crippen molar-refractivity contribution in [2.24, 2.45) is 43.8 Å². The Hall–Kier alpha value is -0.266. The molecule has 0 bridgehead atoms. The normalized spacial score (nSPS) is 56.2. The molecule has 0 radical (unpaired) electrons. The molecule has 5 aliphatic rings. The van der Waals surface area contributed by atoms with Crippen LogP contribution in [0.1, 0.15) is 55.4 Å². The number of rotatable bonds is 0. The molecule has 5 rings (SSSR count). The Morgan fingerprint density at radius 2 is 1.09 bits per heavy atom. The van der Waals surface area contributed by atoms with E-state index in [1.54, 1.807) is 5.57 Å². The van der Waals surface area contributed by atoms with Gasteiger partial charge in [0.1, 0.15) is 0 Å². The molecular formula is C29H37Cl2Ti. The molecule has 0 heterocycles. The van der Waals surface area contributed by atoms with E-state index in [0.717, 1.165) is 0 Å². The Morgan fingerprint density at radius 3 is 1.62 bits per heavy atom. The monoisotopic (exact) mass is 503 g/mol. The number of hydrogen-bond donors (Lipinski definition) is 0. The zero-order valence-electron chi connectivity index (χ0n) is 20.8. The first-order chi connectivity index (χ1) is 13.8. The molecule has 171 valence electrons. The van der Waals surface area contributed by atoms with E-state index in [9.17, 15) is 0 Å². The van der Waals surface area contributed by atoms with Crippen LogP contribution >= 0.6 is 0 Å². The molecule has 0 amide bonds. The van der Waals surface area contributed by atoms with Gasteiger partial charge < -0.3 is 24.8 Å². The first kappa shape index (κ1) is 26.3. The molecule has 2 saturated carbocycles. The summed E-state index contributed by atoms with van der Waals surface area (Å²) in [6.07, 6.45) is 26.8. The molecule has 0 N–H and O–H groups in total. The van der Waals surface area contributed by atoms with E-state index in [4.69, 9.17) is 0 Å². The van der Waals surface area contributed by atoms with Crippen LogP contribution in [0.5, 0.6) is 0 Å². The van der Waals surface area contributed by atoms with Crippen molar-refractivity contribution in [2.75, 3.05) is 0 Å². The van der Waals surface area contributed by atoms with Gasteiger partial charge in [-0.1, -0.05) is 0 Å². The van der Waals surface area contributed by atoms with Crippen molar-refractivity contribution in [1.29, 1.82) is 0 Å². The van der Waals surface area contributed by atoms with Crippen molar-refractivity contribution in [3.63, 3.8) is 0 Å². The summed E-state index contributed by atoms with van der Waals surface area (Å²) in [5, 5.41) is 0. The first-order valence-corrected chi connectivity index (χ1v) is 12.5. The largest absolute Gasteiger partial charge is 1.00 e. The van der Waals surface area contributed by atoms with Gasteiger partial charge in [0.2, 0.25) is 0 Å². The summed E-state index contributed by atoms with van der Waals surface area (Å²) in [7, 11) is 0. The van der Waals surface area contributed by atoms with Crippen LogP contribution in [0.25, 0.3) is 0 Å². The van der Waals surface area contributed by atoms with Gasteiger partial charge in [0.25, 0.3) is 0 Å². The fourth-order valence-electron chi connectivity index (χ4n) is 9.76. The van der Waals surface area contributed by atoms with Crippen LogP contribution < -0.4 is 24.8 Å². The Labute approximate surface area is 220 Å². The maximum absolute atomic E-state index is 2.67. The van der Waals surface area contributed by atoms with Crippen molar-refractivity contribution in [1.82, 2.24) is 0 Å². The van der Waals surface area contributed by atoms with Crippen LogP contribution in [0.3, 0.4) is 0 Å². The molecule has 32 heavy (non-hydrogen) atoms. The smallest absolute Gasteiger partial charge is 1.00 e. The maximum Gasteiger partial charge on any atom is -1.00 e. The minimum absolute atomic E-state index is 0. The van der Waals surface area contributed by atoms with Crippen molar-refractivity contribution in [3.8, 4) is 0 Å². The Bertz CT molecular complexity index is 1020. The Morgan fingerprint density at radius 1 is 0.656 bits per heavy atom. The molecular weight excluding hydrogens is 467 g/mol. The molecule has 0 saturated heterocycles. The van der Waals surface area contributed by atoms with Crippen molar-refractivity contribution in [2.45, 2.75) is 59.6 Å². The second-order valence-electron chi connectivity index (χ2n) is 12.0. The van der Waals surface area contributed by atoms with Gasteiger partial charge in [-0.2, -0.15) is 0 Å². The van der Waals surface area contributed by atoms with E-state index < -0.39 is 0 Å². The molecule has 0 spiro atoms. The minimum atomic E-state index is 0. The predicted molar refractivity (Wildman–Crippen MR) is 123 cm³/mol. The SMILES string of the molecule is CC1=CC=CC2[CH]([Ti+2])C3(C)C4(C)C=CC=CC4(C)C4(C)C=CC=CC4(C)C3(C)C12C.[Cl-].[Cl-]. The van der Waals surface area contributed by atoms with Crippen molar-refractivity contribution in [3.05, 3.63) is 72.4 Å². The third kappa shape index (κ3) is 2.08. The van der Waals surface area contributed by atoms with Gasteiger partial charge in [0, 0.05) is 0 Å². The molecule has 3 heteroatoms. The third-order valence-electron chi connectivity index (χ3n) is 12.5. The number of allylic oxidation sites excluding steroid dienone is 12. The number of halogens is 2. The molecule has 9 unspecified atom stereocenters. The van der Waals surface area contributed by atoms with Crippen LogP contribution in [0, 0.1) is 43.8 Å². The maximum atomic E-state index is 2.67. The van der Waals surface area contributed by atoms with Crippen LogP contribution in [0.15, 0.2) is 72.4 Å². The second kappa shape index (κ2) is 7.13. The van der Waals surface area contributed by atoms with Gasteiger partial charge in [-0.25, -0.2) is 0 Å². The summed E-state index contributed by atoms with van der Waals surface area (Å²) < 4.78 is 0.577. The predicted octanol–water partition coefficient (Wildman–Crippen LogP) is 1.79. The van der Waals surface area contributed by atoms with Crippen molar-refractivity contribution >= 4 is 0 Å². The zero-order chi connectivity index (χ0) is 22.0. The quantitative estimate of drug-likeness (QED) is 0.442. The van der Waals surface area contributed by atoms with Gasteiger partial charge in [-0.3, -0.25) is 0 Å². The van der Waals surface area contributed by atoms with Crippen LogP contribution in [-0.2, 0) is 20.4 Å². The summed E-state index contributed by atoms with van der Waals surface area (Å²) >= 11 is 2.56. The molecule has 5 aliphatic carbocycles. The molecule has 9 atom stereocenters. The molecule has 0 aliphatic heterocycles. The molecule has 0 aromatic carbocycles. The van der Waals surface area contributed by atoms with E-state index in [1.165, 1.54) is 0 Å². The van der Waals surface area contributed by atoms with E-state index in [2.05, 4.69) is 143 Å². The zero-order valence-corrected chi connectivity index (χ0v) is 23.8. The molecule has 2 fully saturated rings. The van der Waals surface area contributed by atoms with Crippen LogP contribution in [-0.4, -0.2) is 0 Å². The number of fused-ring (bicyclic) bond motifs is 8. The number of hydrogen-bond acceptors (Lipinski definition) is 0. The standard InChI is InChI=1S/C29H37.2ClH.Ti/c1-21-14-13-15-22-20-27(6)25(4)18-10-9-16-23(25,2)24(3)17-11-12-19-26(24,5)29(27,8)28(21,22)7;;;/h9-20,22H,1-8H3;2*1H;/q;;;+2/p-2. The van der Waals surface area contributed by atoms with E-state index in [1.807, 2.05) is 0 Å². The third-order valence-corrected chi connectivity index (χ3v) is 14.0. The molecule has 0 aromatic rings. The summed E-state index contributed by atoms with van der Waals surface area (Å²) in [5.74, 6) is 0.552. The second-order valence-corrected chi connectivity index (χ2v) is 13.0. The van der Waals surface area contributed by atoms with Gasteiger partial charge >= 0.3 is 196 Å². The van der Waals surface area contributed by atoms with Gasteiger partial charge in [0.05, 0.1) is 0 Å². The molecule has 0 aromatic heterocycles.